The number of aliphatic carboxylic acids is 1. The average molecular weight is 791 g/mol. The van der Waals surface area contributed by atoms with Gasteiger partial charge in [0.2, 0.25) is 0 Å². The van der Waals surface area contributed by atoms with Crippen LogP contribution in [0.1, 0.15) is 315 Å². The van der Waals surface area contributed by atoms with Crippen LogP contribution in [-0.4, -0.2) is 23.7 Å². The minimum atomic E-state index is -0.650. The smallest absolute Gasteiger partial charge is 0.305 e. The number of rotatable bonds is 50. The molecular formula is C52H102O4. The molecule has 0 saturated heterocycles. The summed E-state index contributed by atoms with van der Waals surface area (Å²) in [5.41, 5.74) is 0. The first-order valence-corrected chi connectivity index (χ1v) is 26.0. The molecule has 0 heterocycles. The van der Waals surface area contributed by atoms with Gasteiger partial charge in [-0.15, -0.1) is 0 Å². The van der Waals surface area contributed by atoms with E-state index in [1.165, 1.54) is 270 Å². The molecule has 0 radical (unpaired) electrons. The van der Waals surface area contributed by atoms with Gasteiger partial charge in [-0.25, -0.2) is 0 Å². The van der Waals surface area contributed by atoms with Crippen molar-refractivity contribution in [3.8, 4) is 0 Å². The molecule has 4 nitrogen and oxygen atoms in total. The van der Waals surface area contributed by atoms with Crippen LogP contribution in [0.2, 0.25) is 0 Å². The molecule has 0 amide bonds. The van der Waals surface area contributed by atoms with Crippen molar-refractivity contribution in [2.24, 2.45) is 0 Å². The predicted octanol–water partition coefficient (Wildman–Crippen LogP) is 18.4. The number of hydrogen-bond acceptors (Lipinski definition) is 3. The second kappa shape index (κ2) is 50.1. The summed E-state index contributed by atoms with van der Waals surface area (Å²) >= 11 is 0. The first-order chi connectivity index (χ1) is 27.7. The van der Waals surface area contributed by atoms with Crippen molar-refractivity contribution in [3.05, 3.63) is 0 Å². The lowest BCUT2D eigenvalue weighted by molar-refractivity contribution is -0.144. The Morgan fingerprint density at radius 2 is 0.482 bits per heavy atom. The second-order valence-corrected chi connectivity index (χ2v) is 18.0. The standard InChI is InChI=1S/C52H102O4/c1-2-3-4-5-6-36-40-43-46-49-52(55)56-50-47-44-41-38-35-33-31-29-27-25-23-21-19-17-15-13-11-9-7-8-10-12-14-16-18-20-22-24-26-28-30-32-34-37-39-42-45-48-51(53)54/h2-50H2,1H3,(H,53,54). The van der Waals surface area contributed by atoms with Crippen molar-refractivity contribution in [2.45, 2.75) is 315 Å². The van der Waals surface area contributed by atoms with Gasteiger partial charge in [0.15, 0.2) is 0 Å². The molecule has 0 aliphatic rings. The zero-order chi connectivity index (χ0) is 40.5. The third-order valence-corrected chi connectivity index (χ3v) is 12.3. The summed E-state index contributed by atoms with van der Waals surface area (Å²) < 4.78 is 5.45. The van der Waals surface area contributed by atoms with Gasteiger partial charge in [0.05, 0.1) is 6.61 Å². The molecular weight excluding hydrogens is 689 g/mol. The maximum Gasteiger partial charge on any atom is 0.305 e. The highest BCUT2D eigenvalue weighted by Gasteiger charge is 2.03. The molecule has 0 spiro atoms. The highest BCUT2D eigenvalue weighted by Crippen LogP contribution is 2.18. The largest absolute Gasteiger partial charge is 0.481 e. The number of carboxylic acids is 1. The van der Waals surface area contributed by atoms with Crippen LogP contribution < -0.4 is 0 Å². The Bertz CT molecular complexity index is 751. The fourth-order valence-electron chi connectivity index (χ4n) is 8.40. The normalized spacial score (nSPS) is 11.4. The van der Waals surface area contributed by atoms with Crippen molar-refractivity contribution in [2.75, 3.05) is 6.61 Å². The van der Waals surface area contributed by atoms with Gasteiger partial charge in [-0.3, -0.25) is 9.59 Å². The van der Waals surface area contributed by atoms with Crippen LogP contribution in [0.25, 0.3) is 0 Å². The SMILES string of the molecule is CCCCCCCCCCCC(=O)OCCCCCCCCCCCCCCCCCCCCCCCCCCCCCCCCCCCCCCCC(=O)O. The molecule has 1 N–H and O–H groups in total. The molecule has 334 valence electrons. The summed E-state index contributed by atoms with van der Waals surface area (Å²) in [4.78, 5) is 22.4. The van der Waals surface area contributed by atoms with Gasteiger partial charge in [0.1, 0.15) is 0 Å². The fraction of sp³-hybridized carbons (Fsp3) is 0.962. The minimum Gasteiger partial charge on any atom is -0.481 e. The van der Waals surface area contributed by atoms with E-state index in [9.17, 15) is 9.59 Å². The molecule has 0 aromatic rings. The molecule has 0 rings (SSSR count). The van der Waals surface area contributed by atoms with Crippen LogP contribution in [0.3, 0.4) is 0 Å². The first kappa shape index (κ1) is 54.9. The third-order valence-electron chi connectivity index (χ3n) is 12.3. The molecule has 0 aliphatic heterocycles. The quantitative estimate of drug-likeness (QED) is 0.0492. The maximum absolute atomic E-state index is 11.9. The summed E-state index contributed by atoms with van der Waals surface area (Å²) in [7, 11) is 0. The molecule has 0 saturated carbocycles. The van der Waals surface area contributed by atoms with Crippen LogP contribution in [0.4, 0.5) is 0 Å². The van der Waals surface area contributed by atoms with Crippen molar-refractivity contribution >= 4 is 11.9 Å². The molecule has 4 heteroatoms. The number of carbonyl (C=O) groups is 2. The Hall–Kier alpha value is -1.06. The molecule has 0 atom stereocenters. The molecule has 0 bridgehead atoms. The van der Waals surface area contributed by atoms with Crippen LogP contribution in [0, 0.1) is 0 Å². The molecule has 0 fully saturated rings. The van der Waals surface area contributed by atoms with Gasteiger partial charge in [-0.05, 0) is 19.3 Å². The van der Waals surface area contributed by atoms with Crippen LogP contribution in [-0.2, 0) is 14.3 Å². The summed E-state index contributed by atoms with van der Waals surface area (Å²) in [6.45, 7) is 2.90. The summed E-state index contributed by atoms with van der Waals surface area (Å²) in [5.74, 6) is -0.628. The number of esters is 1. The van der Waals surface area contributed by atoms with Crippen molar-refractivity contribution in [3.63, 3.8) is 0 Å². The number of carboxylic acid groups (broad SMARTS) is 1. The number of carbonyl (C=O) groups excluding carboxylic acids is 1. The minimum absolute atomic E-state index is 0.0223. The zero-order valence-corrected chi connectivity index (χ0v) is 38.3. The highest BCUT2D eigenvalue weighted by molar-refractivity contribution is 5.69. The van der Waals surface area contributed by atoms with Gasteiger partial charge in [-0.1, -0.05) is 283 Å². The van der Waals surface area contributed by atoms with Gasteiger partial charge in [0, 0.05) is 12.8 Å². The van der Waals surface area contributed by atoms with Gasteiger partial charge in [-0.2, -0.15) is 0 Å². The lowest BCUT2D eigenvalue weighted by atomic mass is 10.0. The monoisotopic (exact) mass is 791 g/mol. The van der Waals surface area contributed by atoms with E-state index in [4.69, 9.17) is 9.84 Å². The second-order valence-electron chi connectivity index (χ2n) is 18.0. The molecule has 0 aromatic carbocycles. The predicted molar refractivity (Wildman–Crippen MR) is 246 cm³/mol. The molecule has 56 heavy (non-hydrogen) atoms. The molecule has 0 aromatic heterocycles. The van der Waals surface area contributed by atoms with E-state index in [-0.39, 0.29) is 5.97 Å². The summed E-state index contributed by atoms with van der Waals surface area (Å²) in [6, 6.07) is 0. The Morgan fingerprint density at radius 1 is 0.286 bits per heavy atom. The van der Waals surface area contributed by atoms with E-state index in [0.29, 0.717) is 19.4 Å². The number of unbranched alkanes of at least 4 members (excludes halogenated alkanes) is 44. The van der Waals surface area contributed by atoms with Crippen LogP contribution >= 0.6 is 0 Å². The lowest BCUT2D eigenvalue weighted by Crippen LogP contribution is -2.05. The maximum atomic E-state index is 11.9. The first-order valence-electron chi connectivity index (χ1n) is 26.0. The van der Waals surface area contributed by atoms with E-state index in [1.807, 2.05) is 0 Å². The topological polar surface area (TPSA) is 63.6 Å². The van der Waals surface area contributed by atoms with E-state index >= 15 is 0 Å². The van der Waals surface area contributed by atoms with Crippen molar-refractivity contribution in [1.29, 1.82) is 0 Å². The van der Waals surface area contributed by atoms with Gasteiger partial charge in [0.25, 0.3) is 0 Å². The Morgan fingerprint density at radius 3 is 0.714 bits per heavy atom. The van der Waals surface area contributed by atoms with Gasteiger partial charge < -0.3 is 9.84 Å². The van der Waals surface area contributed by atoms with E-state index in [2.05, 4.69) is 6.92 Å². The van der Waals surface area contributed by atoms with E-state index < -0.39 is 5.97 Å². The average Bonchev–Trinajstić information content (AvgIpc) is 3.19. The molecule has 0 aliphatic carbocycles. The van der Waals surface area contributed by atoms with Crippen molar-refractivity contribution in [1.82, 2.24) is 0 Å². The number of ether oxygens (including phenoxy) is 1. The third kappa shape index (κ3) is 51.0. The Balaban J connectivity index is 3.11. The lowest BCUT2D eigenvalue weighted by Gasteiger charge is -2.06. The Labute approximate surface area is 352 Å². The van der Waals surface area contributed by atoms with Crippen LogP contribution in [0.5, 0.6) is 0 Å². The summed E-state index contributed by atoms with van der Waals surface area (Å²) in [5, 5.41) is 8.66. The van der Waals surface area contributed by atoms with Crippen LogP contribution in [0.15, 0.2) is 0 Å². The summed E-state index contributed by atoms with van der Waals surface area (Å²) in [6.07, 6.45) is 63.5. The van der Waals surface area contributed by atoms with Crippen molar-refractivity contribution < 1.29 is 19.4 Å². The van der Waals surface area contributed by atoms with E-state index in [1.54, 1.807) is 0 Å². The van der Waals surface area contributed by atoms with E-state index in [0.717, 1.165) is 25.7 Å². The Kier molecular flexibility index (Phi) is 49.1. The van der Waals surface area contributed by atoms with Gasteiger partial charge >= 0.3 is 11.9 Å². The fourth-order valence-corrected chi connectivity index (χ4v) is 8.40. The zero-order valence-electron chi connectivity index (χ0n) is 38.3. The number of hydrogen-bond donors (Lipinski definition) is 1. The highest BCUT2D eigenvalue weighted by atomic mass is 16.5. The molecule has 0 unspecified atom stereocenters.